The van der Waals surface area contributed by atoms with Crippen molar-refractivity contribution in [1.82, 2.24) is 0 Å². The molecule has 0 amide bonds. The minimum atomic E-state index is -0.577. The molecule has 1 atom stereocenters. The van der Waals surface area contributed by atoms with Crippen LogP contribution in [0.15, 0.2) is 45.3 Å². The maximum Gasteiger partial charge on any atom is 0.163 e. The van der Waals surface area contributed by atoms with Crippen LogP contribution in [0.3, 0.4) is 0 Å². The number of aliphatic hydroxyl groups is 1. The largest absolute Gasteiger partial charge is 0.511 e. The summed E-state index contributed by atoms with van der Waals surface area (Å²) in [5, 5.41) is 11.1. The molecule has 28 heavy (non-hydrogen) atoms. The second-order valence-electron chi connectivity index (χ2n) is 9.56. The molecule has 4 rings (SSSR count). The number of carbonyl (C=O) groups is 2. The lowest BCUT2D eigenvalue weighted by Gasteiger charge is -2.40. The number of allylic oxidation sites excluding steroid dienone is 4. The highest BCUT2D eigenvalue weighted by Gasteiger charge is 2.47. The molecule has 5 heteroatoms. The number of ketones is 2. The predicted octanol–water partition coefficient (Wildman–Crippen LogP) is 5.77. The summed E-state index contributed by atoms with van der Waals surface area (Å²) in [5.74, 6) is 0.724. The van der Waals surface area contributed by atoms with Crippen molar-refractivity contribution in [1.29, 1.82) is 0 Å². The number of halogens is 1. The lowest BCUT2D eigenvalue weighted by Crippen LogP contribution is -2.36. The predicted molar refractivity (Wildman–Crippen MR) is 110 cm³/mol. The average Bonchev–Trinajstić information content (AvgIpc) is 2.57. The molecule has 3 aliphatic rings. The molecule has 1 unspecified atom stereocenters. The lowest BCUT2D eigenvalue weighted by atomic mass is 9.66. The zero-order chi connectivity index (χ0) is 20.4. The van der Waals surface area contributed by atoms with Gasteiger partial charge in [0.25, 0.3) is 0 Å². The van der Waals surface area contributed by atoms with Gasteiger partial charge in [-0.2, -0.15) is 0 Å². The zero-order valence-electron chi connectivity index (χ0n) is 16.7. The molecule has 1 N–H and O–H groups in total. The summed E-state index contributed by atoms with van der Waals surface area (Å²) in [6.07, 6.45) is 2.00. The maximum atomic E-state index is 13.2. The molecule has 0 fully saturated rings. The molecule has 0 spiro atoms. The monoisotopic (exact) mass is 444 g/mol. The number of fused-ring (bicyclic) bond motifs is 1. The molecule has 1 aliphatic heterocycles. The summed E-state index contributed by atoms with van der Waals surface area (Å²) in [5.41, 5.74) is 0.969. The Morgan fingerprint density at radius 3 is 2.50 bits per heavy atom. The number of rotatable bonds is 1. The Balaban J connectivity index is 2.00. The van der Waals surface area contributed by atoms with Crippen molar-refractivity contribution in [2.75, 3.05) is 0 Å². The van der Waals surface area contributed by atoms with E-state index in [0.29, 0.717) is 48.3 Å². The molecule has 1 aromatic carbocycles. The summed E-state index contributed by atoms with van der Waals surface area (Å²) in [6.45, 7) is 7.99. The van der Waals surface area contributed by atoms with Gasteiger partial charge in [-0.05, 0) is 30.0 Å². The van der Waals surface area contributed by atoms with Crippen molar-refractivity contribution < 1.29 is 19.4 Å². The third kappa shape index (κ3) is 3.04. The Labute approximate surface area is 173 Å². The smallest absolute Gasteiger partial charge is 0.163 e. The van der Waals surface area contributed by atoms with Gasteiger partial charge in [-0.15, -0.1) is 0 Å². The number of carbonyl (C=O) groups excluding carboxylic acids is 2. The molecule has 0 radical (unpaired) electrons. The Hall–Kier alpha value is -1.88. The van der Waals surface area contributed by atoms with E-state index in [4.69, 9.17) is 4.74 Å². The van der Waals surface area contributed by atoms with E-state index in [1.54, 1.807) is 0 Å². The van der Waals surface area contributed by atoms with Crippen LogP contribution in [-0.2, 0) is 9.59 Å². The third-order valence-corrected chi connectivity index (χ3v) is 6.64. The van der Waals surface area contributed by atoms with E-state index in [2.05, 4.69) is 29.8 Å². The van der Waals surface area contributed by atoms with E-state index in [0.717, 1.165) is 10.0 Å². The molecule has 4 nitrogen and oxygen atoms in total. The summed E-state index contributed by atoms with van der Waals surface area (Å²) in [7, 11) is 0. The number of ether oxygens (including phenoxy) is 1. The summed E-state index contributed by atoms with van der Waals surface area (Å²) < 4.78 is 7.01. The van der Waals surface area contributed by atoms with E-state index in [9.17, 15) is 14.7 Å². The minimum Gasteiger partial charge on any atom is -0.511 e. The fraction of sp³-hybridized carbons (Fsp3) is 0.478. The van der Waals surface area contributed by atoms with Gasteiger partial charge in [0.2, 0.25) is 0 Å². The zero-order valence-corrected chi connectivity index (χ0v) is 18.3. The van der Waals surface area contributed by atoms with Gasteiger partial charge in [0.05, 0.1) is 5.92 Å². The summed E-state index contributed by atoms with van der Waals surface area (Å²) in [4.78, 5) is 26.2. The Morgan fingerprint density at radius 1 is 1.07 bits per heavy atom. The number of benzene rings is 1. The number of aliphatic hydroxyl groups excluding tert-OH is 1. The topological polar surface area (TPSA) is 63.6 Å². The fourth-order valence-electron chi connectivity index (χ4n) is 4.59. The number of Topliss-reactive ketones (excluding diaryl/α,β-unsaturated/α-hetero) is 2. The van der Waals surface area contributed by atoms with Crippen molar-refractivity contribution in [3.8, 4) is 5.75 Å². The Bertz CT molecular complexity index is 965. The first kappa shape index (κ1) is 19.4. The van der Waals surface area contributed by atoms with Crippen molar-refractivity contribution in [3.05, 3.63) is 50.9 Å². The first-order chi connectivity index (χ1) is 13.0. The van der Waals surface area contributed by atoms with E-state index >= 15 is 0 Å². The molecule has 0 saturated carbocycles. The summed E-state index contributed by atoms with van der Waals surface area (Å²) >= 11 is 3.50. The first-order valence-corrected chi connectivity index (χ1v) is 10.5. The van der Waals surface area contributed by atoms with Crippen LogP contribution >= 0.6 is 15.9 Å². The Kier molecular flexibility index (Phi) is 4.38. The highest BCUT2D eigenvalue weighted by atomic mass is 79.9. The Morgan fingerprint density at radius 2 is 1.79 bits per heavy atom. The van der Waals surface area contributed by atoms with Crippen molar-refractivity contribution in [3.63, 3.8) is 0 Å². The second kappa shape index (κ2) is 6.31. The molecule has 1 heterocycles. The molecule has 0 saturated heterocycles. The van der Waals surface area contributed by atoms with Gasteiger partial charge >= 0.3 is 0 Å². The molecular weight excluding hydrogens is 420 g/mol. The van der Waals surface area contributed by atoms with Crippen LogP contribution < -0.4 is 4.74 Å². The molecule has 2 aliphatic carbocycles. The van der Waals surface area contributed by atoms with Gasteiger partial charge in [-0.1, -0.05) is 43.6 Å². The van der Waals surface area contributed by atoms with Gasteiger partial charge in [0.1, 0.15) is 17.3 Å². The van der Waals surface area contributed by atoms with Crippen LogP contribution in [-0.4, -0.2) is 16.7 Å². The first-order valence-electron chi connectivity index (χ1n) is 9.70. The van der Waals surface area contributed by atoms with E-state index in [-0.39, 0.29) is 22.7 Å². The van der Waals surface area contributed by atoms with Gasteiger partial charge in [0, 0.05) is 45.9 Å². The third-order valence-electron chi connectivity index (χ3n) is 6.15. The van der Waals surface area contributed by atoms with Gasteiger partial charge in [-0.25, -0.2) is 0 Å². The van der Waals surface area contributed by atoms with Crippen LogP contribution in [0.25, 0.3) is 0 Å². The quantitative estimate of drug-likeness (QED) is 0.596. The molecular formula is C23H25BrO4. The number of hydrogen-bond acceptors (Lipinski definition) is 4. The summed E-state index contributed by atoms with van der Waals surface area (Å²) in [6, 6.07) is 5.64. The fourth-order valence-corrected chi connectivity index (χ4v) is 4.97. The number of hydrogen-bond donors (Lipinski definition) is 1. The molecule has 1 aromatic rings. The molecule has 0 aromatic heterocycles. The SMILES string of the molecule is CC1(C)CC(=O)C2=C(C1)Oc1ccc(Br)cc1C2C1=C(O)C(C)(C)CCC1=O. The van der Waals surface area contributed by atoms with Gasteiger partial charge < -0.3 is 9.84 Å². The van der Waals surface area contributed by atoms with E-state index in [1.165, 1.54) is 0 Å². The van der Waals surface area contributed by atoms with Crippen molar-refractivity contribution in [2.45, 2.75) is 59.3 Å². The molecule has 148 valence electrons. The molecule has 0 bridgehead atoms. The lowest BCUT2D eigenvalue weighted by molar-refractivity contribution is -0.119. The van der Waals surface area contributed by atoms with Gasteiger partial charge in [0.15, 0.2) is 11.6 Å². The normalized spacial score (nSPS) is 26.0. The van der Waals surface area contributed by atoms with Crippen molar-refractivity contribution >= 4 is 27.5 Å². The van der Waals surface area contributed by atoms with Crippen LogP contribution in [0.1, 0.15) is 64.9 Å². The second-order valence-corrected chi connectivity index (χ2v) is 10.5. The van der Waals surface area contributed by atoms with Crippen LogP contribution in [0.5, 0.6) is 5.75 Å². The van der Waals surface area contributed by atoms with Crippen LogP contribution in [0.2, 0.25) is 0 Å². The minimum absolute atomic E-state index is 0.00152. The van der Waals surface area contributed by atoms with Crippen LogP contribution in [0.4, 0.5) is 0 Å². The highest BCUT2D eigenvalue weighted by Crippen LogP contribution is 2.53. The van der Waals surface area contributed by atoms with Gasteiger partial charge in [-0.3, -0.25) is 9.59 Å². The van der Waals surface area contributed by atoms with Crippen molar-refractivity contribution in [2.24, 2.45) is 10.8 Å². The van der Waals surface area contributed by atoms with Crippen LogP contribution in [0, 0.1) is 10.8 Å². The highest BCUT2D eigenvalue weighted by molar-refractivity contribution is 9.10. The average molecular weight is 445 g/mol. The standard InChI is InChI=1S/C23H25BrO4/c1-22(2)10-15(26)19-17(11-22)28-16-6-5-12(24)9-13(16)18(19)20-14(25)7-8-23(3,4)21(20)27/h5-6,9,18,27H,7-8,10-11H2,1-4H3. The van der Waals surface area contributed by atoms with E-state index in [1.807, 2.05) is 32.0 Å². The van der Waals surface area contributed by atoms with E-state index < -0.39 is 11.3 Å². The maximum absolute atomic E-state index is 13.2.